The van der Waals surface area contributed by atoms with Crippen LogP contribution < -0.4 is 5.32 Å². The SMILES string of the molecule is CC1=C2C[C@H]3[C@@H](CC[C@@H]4CC(=O)CC[C@@]43C)[C@@H]2CC[C@@]2(C1)O[C@@H]1C[C@H](C)CN[C@H]1[C@H]2C.CS(=O)(=O)O. The van der Waals surface area contributed by atoms with E-state index < -0.39 is 10.1 Å². The van der Waals surface area contributed by atoms with Crippen LogP contribution in [0, 0.1) is 40.9 Å². The van der Waals surface area contributed by atoms with E-state index in [1.807, 2.05) is 5.57 Å². The van der Waals surface area contributed by atoms with Gasteiger partial charge in [0.25, 0.3) is 10.1 Å². The van der Waals surface area contributed by atoms with E-state index in [4.69, 9.17) is 9.29 Å². The number of ether oxygens (including phenoxy) is 1. The fourth-order valence-electron chi connectivity index (χ4n) is 9.61. The molecule has 0 aromatic carbocycles. The number of carbonyl (C=O) groups excluding carboxylic acids is 1. The molecule has 1 spiro atoms. The van der Waals surface area contributed by atoms with E-state index in [9.17, 15) is 13.2 Å². The summed E-state index contributed by atoms with van der Waals surface area (Å²) in [4.78, 5) is 12.2. The van der Waals surface area contributed by atoms with E-state index in [0.717, 1.165) is 55.9 Å². The largest absolute Gasteiger partial charge is 0.369 e. The fraction of sp³-hybridized carbons (Fsp3) is 0.897. The van der Waals surface area contributed by atoms with Crippen molar-refractivity contribution >= 4 is 15.9 Å². The van der Waals surface area contributed by atoms with E-state index in [0.29, 0.717) is 41.4 Å². The van der Waals surface area contributed by atoms with Crippen LogP contribution in [0.4, 0.5) is 0 Å². The van der Waals surface area contributed by atoms with Gasteiger partial charge in [-0.25, -0.2) is 0 Å². The van der Waals surface area contributed by atoms with Crippen molar-refractivity contribution in [3.63, 3.8) is 0 Å². The van der Waals surface area contributed by atoms with Crippen molar-refractivity contribution in [2.24, 2.45) is 40.9 Å². The minimum absolute atomic E-state index is 0.0572. The summed E-state index contributed by atoms with van der Waals surface area (Å²) >= 11 is 0. The highest BCUT2D eigenvalue weighted by Crippen LogP contribution is 2.65. The van der Waals surface area contributed by atoms with Gasteiger partial charge >= 0.3 is 0 Å². The molecule has 204 valence electrons. The second-order valence-electron chi connectivity index (χ2n) is 13.6. The third kappa shape index (κ3) is 4.76. The first-order valence-corrected chi connectivity index (χ1v) is 16.2. The summed E-state index contributed by atoms with van der Waals surface area (Å²) in [6.07, 6.45) is 12.9. The summed E-state index contributed by atoms with van der Waals surface area (Å²) in [6.45, 7) is 11.0. The Labute approximate surface area is 218 Å². The number of allylic oxidation sites excluding steroid dienone is 1. The highest BCUT2D eigenvalue weighted by molar-refractivity contribution is 7.85. The molecule has 0 aromatic heterocycles. The lowest BCUT2D eigenvalue weighted by Crippen LogP contribution is -2.48. The van der Waals surface area contributed by atoms with Crippen molar-refractivity contribution in [3.05, 3.63) is 11.1 Å². The van der Waals surface area contributed by atoms with Crippen LogP contribution in [0.3, 0.4) is 0 Å². The Hall–Kier alpha value is -0.760. The number of ketones is 1. The Balaban J connectivity index is 0.000000489. The summed E-state index contributed by atoms with van der Waals surface area (Å²) in [5.74, 6) is 4.97. The maximum Gasteiger partial charge on any atom is 0.261 e. The van der Waals surface area contributed by atoms with E-state index in [2.05, 4.69) is 33.0 Å². The first-order valence-electron chi connectivity index (χ1n) is 14.3. The number of Topliss-reactive ketones (excluding diaryl/α,β-unsaturated/α-hetero) is 1. The first-order chi connectivity index (χ1) is 16.8. The molecule has 5 fully saturated rings. The maximum atomic E-state index is 12.2. The van der Waals surface area contributed by atoms with Crippen LogP contribution in [0.2, 0.25) is 0 Å². The first kappa shape index (κ1) is 26.8. The number of piperidine rings is 1. The molecule has 0 unspecified atom stereocenters. The minimum atomic E-state index is -3.67. The molecule has 7 heteroatoms. The zero-order chi connectivity index (χ0) is 26.0. The average Bonchev–Trinajstić information content (AvgIpc) is 3.23. The normalized spacial score (nSPS) is 48.3. The molecular formula is C29H47NO5S. The topological polar surface area (TPSA) is 92.7 Å². The van der Waals surface area contributed by atoms with Crippen molar-refractivity contribution < 1.29 is 22.5 Å². The van der Waals surface area contributed by atoms with Crippen molar-refractivity contribution in [1.29, 1.82) is 0 Å². The van der Waals surface area contributed by atoms with Gasteiger partial charge in [-0.2, -0.15) is 8.42 Å². The van der Waals surface area contributed by atoms with Crippen molar-refractivity contribution in [1.82, 2.24) is 5.32 Å². The highest BCUT2D eigenvalue weighted by Gasteiger charge is 2.59. The van der Waals surface area contributed by atoms with Gasteiger partial charge in [-0.15, -0.1) is 0 Å². The lowest BCUT2D eigenvalue weighted by atomic mass is 9.52. The molecule has 36 heavy (non-hydrogen) atoms. The van der Waals surface area contributed by atoms with Crippen LogP contribution in [-0.2, 0) is 19.6 Å². The third-order valence-electron chi connectivity index (χ3n) is 11.4. The average molecular weight is 522 g/mol. The molecule has 3 saturated carbocycles. The van der Waals surface area contributed by atoms with Crippen molar-refractivity contribution in [2.75, 3.05) is 12.8 Å². The van der Waals surface area contributed by atoms with Crippen LogP contribution >= 0.6 is 0 Å². The molecule has 0 bridgehead atoms. The van der Waals surface area contributed by atoms with Crippen LogP contribution in [0.15, 0.2) is 11.1 Å². The molecule has 2 saturated heterocycles. The van der Waals surface area contributed by atoms with Crippen molar-refractivity contribution in [3.8, 4) is 0 Å². The standard InChI is InChI=1S/C28H43NO2.CH4O3S/c1-16-11-25-26(29-15-16)18(3)28(31-25)10-8-21-22-6-5-19-12-20(30)7-9-27(19,4)24(22)13-23(21)17(2)14-28;1-5(2,3)4/h16,18-19,21-22,24-26,29H,5-15H2,1-4H3;1H3,(H,2,3,4)/t16-,18+,19+,21-,22-,24-,25+,26-,27-,28-;/m0./s1. The van der Waals surface area contributed by atoms with Gasteiger partial charge in [0.1, 0.15) is 5.78 Å². The molecule has 2 heterocycles. The van der Waals surface area contributed by atoms with Crippen LogP contribution in [0.1, 0.15) is 91.9 Å². The summed E-state index contributed by atoms with van der Waals surface area (Å²) in [7, 11) is -3.67. The van der Waals surface area contributed by atoms with Gasteiger partial charge in [0.05, 0.1) is 18.0 Å². The van der Waals surface area contributed by atoms with Gasteiger partial charge in [-0.05, 0) is 99.8 Å². The Bertz CT molecular complexity index is 1010. The predicted octanol–water partition coefficient (Wildman–Crippen LogP) is 5.18. The molecule has 0 aromatic rings. The molecule has 6 rings (SSSR count). The smallest absolute Gasteiger partial charge is 0.261 e. The molecule has 4 aliphatic carbocycles. The van der Waals surface area contributed by atoms with Gasteiger partial charge in [0.2, 0.25) is 0 Å². The Morgan fingerprint density at radius 2 is 1.83 bits per heavy atom. The molecule has 2 N–H and O–H groups in total. The monoisotopic (exact) mass is 521 g/mol. The minimum Gasteiger partial charge on any atom is -0.369 e. The van der Waals surface area contributed by atoms with Gasteiger partial charge in [0.15, 0.2) is 0 Å². The molecule has 2 aliphatic heterocycles. The van der Waals surface area contributed by atoms with Crippen molar-refractivity contribution in [2.45, 2.75) is 110 Å². The van der Waals surface area contributed by atoms with Gasteiger partial charge in [0, 0.05) is 24.8 Å². The van der Waals surface area contributed by atoms with Gasteiger partial charge in [-0.1, -0.05) is 31.9 Å². The van der Waals surface area contributed by atoms with E-state index in [1.165, 1.54) is 38.5 Å². The lowest BCUT2D eigenvalue weighted by molar-refractivity contribution is -0.129. The molecule has 6 aliphatic rings. The molecule has 10 atom stereocenters. The Morgan fingerprint density at radius 3 is 2.56 bits per heavy atom. The lowest BCUT2D eigenvalue weighted by Gasteiger charge is -2.52. The summed E-state index contributed by atoms with van der Waals surface area (Å²) in [5.41, 5.74) is 3.95. The Kier molecular flexibility index (Phi) is 7.05. The predicted molar refractivity (Wildman–Crippen MR) is 141 cm³/mol. The fourth-order valence-corrected chi connectivity index (χ4v) is 9.61. The zero-order valence-electron chi connectivity index (χ0n) is 22.9. The summed E-state index contributed by atoms with van der Waals surface area (Å²) in [6, 6.07) is 0.550. The molecule has 0 amide bonds. The zero-order valence-corrected chi connectivity index (χ0v) is 23.7. The number of fused-ring (bicyclic) bond motifs is 6. The van der Waals surface area contributed by atoms with Crippen LogP contribution in [-0.4, -0.2) is 49.3 Å². The Morgan fingerprint density at radius 1 is 1.11 bits per heavy atom. The second-order valence-corrected chi connectivity index (χ2v) is 15.1. The molecule has 6 nitrogen and oxygen atoms in total. The van der Waals surface area contributed by atoms with E-state index in [1.54, 1.807) is 5.57 Å². The number of hydrogen-bond donors (Lipinski definition) is 2. The van der Waals surface area contributed by atoms with Gasteiger partial charge < -0.3 is 10.1 Å². The summed E-state index contributed by atoms with van der Waals surface area (Å²) in [5, 5.41) is 3.85. The third-order valence-corrected chi connectivity index (χ3v) is 11.4. The van der Waals surface area contributed by atoms with E-state index >= 15 is 0 Å². The number of hydrogen-bond acceptors (Lipinski definition) is 5. The quantitative estimate of drug-likeness (QED) is 0.337. The van der Waals surface area contributed by atoms with Gasteiger partial charge in [-0.3, -0.25) is 9.35 Å². The number of rotatable bonds is 0. The van der Waals surface area contributed by atoms with E-state index in [-0.39, 0.29) is 5.60 Å². The molecular weight excluding hydrogens is 474 g/mol. The molecule has 0 radical (unpaired) electrons. The van der Waals surface area contributed by atoms with Crippen LogP contribution in [0.25, 0.3) is 0 Å². The highest BCUT2D eigenvalue weighted by atomic mass is 32.2. The maximum absolute atomic E-state index is 12.2. The summed E-state index contributed by atoms with van der Waals surface area (Å²) < 4.78 is 32.9. The number of nitrogens with one attached hydrogen (secondary N) is 1. The number of carbonyl (C=O) groups is 1. The van der Waals surface area contributed by atoms with Crippen LogP contribution in [0.5, 0.6) is 0 Å². The second kappa shape index (κ2) is 9.46.